The molecule has 0 fully saturated rings. The Labute approximate surface area is 112 Å². The van der Waals surface area contributed by atoms with E-state index in [2.05, 4.69) is 28.1 Å². The van der Waals surface area contributed by atoms with Crippen LogP contribution in [0.1, 0.15) is 51.9 Å². The molecule has 0 aromatic carbocycles. The summed E-state index contributed by atoms with van der Waals surface area (Å²) in [4.78, 5) is 0. The summed E-state index contributed by atoms with van der Waals surface area (Å²) in [5, 5.41) is 9.29. The molecule has 1 N–H and O–H groups in total. The molecule has 100 valence electrons. The average Bonchev–Trinajstić information content (AvgIpc) is 2.15. The lowest BCUT2D eigenvalue weighted by atomic mass is 10.0. The number of unbranched alkanes of at least 4 members (excludes halogenated alkanes) is 5. The second-order valence-electron chi connectivity index (χ2n) is 5.51. The zero-order chi connectivity index (χ0) is 11.7. The van der Waals surface area contributed by atoms with E-state index >= 15 is 0 Å². The Balaban J connectivity index is 0. The molecular weight excluding hydrogens is 266 g/mol. The first-order valence-corrected chi connectivity index (χ1v) is 6.44. The van der Waals surface area contributed by atoms with Gasteiger partial charge in [0.25, 0.3) is 0 Å². The van der Waals surface area contributed by atoms with E-state index in [0.717, 1.165) is 10.9 Å². The fourth-order valence-corrected chi connectivity index (χ4v) is 1.88. The molecule has 1 unspecified atom stereocenters. The normalized spacial score (nSPS) is 13.3. The maximum atomic E-state index is 9.29. The van der Waals surface area contributed by atoms with Crippen molar-refractivity contribution < 1.29 is 26.6 Å². The first kappa shape index (κ1) is 18.8. The van der Waals surface area contributed by atoms with Crippen LogP contribution >= 0.6 is 0 Å². The SMILES string of the molecule is CCCCCCCCC(CO)[N+](C)(C)C.[Br-]. The number of rotatable bonds is 9. The summed E-state index contributed by atoms with van der Waals surface area (Å²) in [5.41, 5.74) is 0. The van der Waals surface area contributed by atoms with Crippen molar-refractivity contribution in [1.29, 1.82) is 0 Å². The number of halogens is 1. The number of quaternary nitrogens is 1. The van der Waals surface area contributed by atoms with Crippen molar-refractivity contribution in [3.63, 3.8) is 0 Å². The number of hydrogen-bond acceptors (Lipinski definition) is 1. The molecule has 0 aromatic rings. The molecule has 0 spiro atoms. The van der Waals surface area contributed by atoms with Crippen LogP contribution in [0.4, 0.5) is 0 Å². The van der Waals surface area contributed by atoms with Gasteiger partial charge in [0.15, 0.2) is 0 Å². The van der Waals surface area contributed by atoms with Crippen LogP contribution in [0.15, 0.2) is 0 Å². The molecule has 0 saturated heterocycles. The Kier molecular flexibility index (Phi) is 12.4. The minimum absolute atomic E-state index is 0. The predicted molar refractivity (Wildman–Crippen MR) is 66.9 cm³/mol. The molecule has 0 aliphatic rings. The van der Waals surface area contributed by atoms with E-state index in [4.69, 9.17) is 0 Å². The molecule has 2 nitrogen and oxygen atoms in total. The van der Waals surface area contributed by atoms with Crippen molar-refractivity contribution in [2.24, 2.45) is 0 Å². The number of nitrogens with zero attached hydrogens (tertiary/aromatic N) is 1. The molecule has 1 atom stereocenters. The third kappa shape index (κ3) is 9.61. The zero-order valence-corrected chi connectivity index (χ0v) is 13.1. The number of aliphatic hydroxyl groups excluding tert-OH is 1. The quantitative estimate of drug-likeness (QED) is 0.462. The molecule has 0 rings (SSSR count). The van der Waals surface area contributed by atoms with Gasteiger partial charge >= 0.3 is 0 Å². The topological polar surface area (TPSA) is 20.2 Å². The number of likely N-dealkylation sites (N-methyl/N-ethyl adjacent to an activating group) is 1. The van der Waals surface area contributed by atoms with Crippen molar-refractivity contribution >= 4 is 0 Å². The first-order chi connectivity index (χ1) is 7.02. The highest BCUT2D eigenvalue weighted by Crippen LogP contribution is 2.13. The monoisotopic (exact) mass is 295 g/mol. The van der Waals surface area contributed by atoms with E-state index in [-0.39, 0.29) is 17.0 Å². The fraction of sp³-hybridized carbons (Fsp3) is 1.00. The van der Waals surface area contributed by atoms with Gasteiger partial charge in [-0.3, -0.25) is 0 Å². The summed E-state index contributed by atoms with van der Waals surface area (Å²) in [6, 6.07) is 0.413. The molecule has 3 heteroatoms. The van der Waals surface area contributed by atoms with Crippen LogP contribution in [0.25, 0.3) is 0 Å². The van der Waals surface area contributed by atoms with Gasteiger partial charge in [0.05, 0.1) is 27.7 Å². The molecule has 0 aliphatic carbocycles. The van der Waals surface area contributed by atoms with Gasteiger partial charge in [-0.1, -0.05) is 39.0 Å². The van der Waals surface area contributed by atoms with Crippen LogP contribution in [0.2, 0.25) is 0 Å². The summed E-state index contributed by atoms with van der Waals surface area (Å²) in [6.07, 6.45) is 9.19. The van der Waals surface area contributed by atoms with Crippen LogP contribution < -0.4 is 17.0 Å². The molecule has 16 heavy (non-hydrogen) atoms. The Hall–Kier alpha value is 0.400. The van der Waals surface area contributed by atoms with Crippen LogP contribution in [-0.2, 0) is 0 Å². The summed E-state index contributed by atoms with van der Waals surface area (Å²) in [6.45, 7) is 2.57. The third-order valence-electron chi connectivity index (χ3n) is 3.20. The lowest BCUT2D eigenvalue weighted by molar-refractivity contribution is -0.897. The van der Waals surface area contributed by atoms with Gasteiger partial charge in [0, 0.05) is 6.42 Å². The third-order valence-corrected chi connectivity index (χ3v) is 3.20. The van der Waals surface area contributed by atoms with Gasteiger partial charge in [-0.15, -0.1) is 0 Å². The smallest absolute Gasteiger partial charge is 0.112 e. The Morgan fingerprint density at radius 1 is 0.938 bits per heavy atom. The van der Waals surface area contributed by atoms with Crippen LogP contribution in [0.5, 0.6) is 0 Å². The molecule has 0 bridgehead atoms. The molecular formula is C13H30BrNO. The van der Waals surface area contributed by atoms with Gasteiger partial charge in [-0.05, 0) is 6.42 Å². The Morgan fingerprint density at radius 3 is 1.88 bits per heavy atom. The van der Waals surface area contributed by atoms with E-state index in [1.54, 1.807) is 0 Å². The van der Waals surface area contributed by atoms with Crippen molar-refractivity contribution in [1.82, 2.24) is 0 Å². The molecule has 0 amide bonds. The van der Waals surface area contributed by atoms with E-state index in [9.17, 15) is 5.11 Å². The summed E-state index contributed by atoms with van der Waals surface area (Å²) >= 11 is 0. The van der Waals surface area contributed by atoms with Gasteiger partial charge in [0.1, 0.15) is 6.04 Å². The maximum Gasteiger partial charge on any atom is 0.112 e. The minimum Gasteiger partial charge on any atom is -1.00 e. The maximum absolute atomic E-state index is 9.29. The Bertz CT molecular complexity index is 145. The highest BCUT2D eigenvalue weighted by atomic mass is 79.9. The summed E-state index contributed by atoms with van der Waals surface area (Å²) in [7, 11) is 6.49. The van der Waals surface area contributed by atoms with Crippen LogP contribution in [0.3, 0.4) is 0 Å². The van der Waals surface area contributed by atoms with E-state index in [1.807, 2.05) is 0 Å². The van der Waals surface area contributed by atoms with Gasteiger partial charge in [0.2, 0.25) is 0 Å². The lowest BCUT2D eigenvalue weighted by Crippen LogP contribution is -3.00. The molecule has 0 saturated carbocycles. The highest BCUT2D eigenvalue weighted by Gasteiger charge is 2.21. The second kappa shape index (κ2) is 10.5. The lowest BCUT2D eigenvalue weighted by Gasteiger charge is -2.33. The van der Waals surface area contributed by atoms with Crippen LogP contribution in [-0.4, -0.2) is 43.4 Å². The molecule has 0 heterocycles. The van der Waals surface area contributed by atoms with Crippen molar-refractivity contribution in [3.05, 3.63) is 0 Å². The van der Waals surface area contributed by atoms with Crippen molar-refractivity contribution in [3.8, 4) is 0 Å². The zero-order valence-electron chi connectivity index (χ0n) is 11.5. The molecule has 0 aromatic heterocycles. The number of hydrogen-bond donors (Lipinski definition) is 1. The van der Waals surface area contributed by atoms with Crippen molar-refractivity contribution in [2.45, 2.75) is 57.9 Å². The largest absolute Gasteiger partial charge is 1.00 e. The van der Waals surface area contributed by atoms with E-state index < -0.39 is 0 Å². The second-order valence-corrected chi connectivity index (χ2v) is 5.51. The Morgan fingerprint density at radius 2 is 1.44 bits per heavy atom. The first-order valence-electron chi connectivity index (χ1n) is 6.44. The average molecular weight is 296 g/mol. The predicted octanol–water partition coefficient (Wildman–Crippen LogP) is -0.192. The van der Waals surface area contributed by atoms with Crippen molar-refractivity contribution in [2.75, 3.05) is 27.7 Å². The molecule has 0 radical (unpaired) electrons. The van der Waals surface area contributed by atoms with E-state index in [0.29, 0.717) is 12.6 Å². The van der Waals surface area contributed by atoms with Crippen LogP contribution in [0, 0.1) is 0 Å². The highest BCUT2D eigenvalue weighted by molar-refractivity contribution is 4.56. The summed E-state index contributed by atoms with van der Waals surface area (Å²) in [5.74, 6) is 0. The van der Waals surface area contributed by atoms with Gasteiger partial charge < -0.3 is 26.6 Å². The minimum atomic E-state index is 0. The van der Waals surface area contributed by atoms with E-state index in [1.165, 1.54) is 38.5 Å². The summed E-state index contributed by atoms with van der Waals surface area (Å²) < 4.78 is 0.880. The fourth-order valence-electron chi connectivity index (χ4n) is 1.88. The standard InChI is InChI=1S/C13H30NO.BrH/c1-5-6-7-8-9-10-11-13(12-15)14(2,3)4;/h13,15H,5-12H2,1-4H3;1H/q+1;/p-1. The molecule has 0 aliphatic heterocycles. The number of aliphatic hydroxyl groups is 1. The van der Waals surface area contributed by atoms with Gasteiger partial charge in [-0.25, -0.2) is 0 Å². The van der Waals surface area contributed by atoms with Gasteiger partial charge in [-0.2, -0.15) is 0 Å².